The molecule has 0 bridgehead atoms. The van der Waals surface area contributed by atoms with Gasteiger partial charge in [-0.15, -0.1) is 0 Å². The number of esters is 1. The number of aliphatic carboxylic acids is 1. The molecule has 33 heavy (non-hydrogen) atoms. The Labute approximate surface area is 192 Å². The normalized spacial score (nSPS) is 11.8. The van der Waals surface area contributed by atoms with Crippen molar-refractivity contribution in [2.24, 2.45) is 0 Å². The first kappa shape index (κ1) is 25.5. The first-order chi connectivity index (χ1) is 15.5. The molecule has 1 amide bonds. The molecule has 0 radical (unpaired) electrons. The van der Waals surface area contributed by atoms with Gasteiger partial charge >= 0.3 is 18.0 Å². The van der Waals surface area contributed by atoms with E-state index in [4.69, 9.17) is 18.9 Å². The molecule has 0 aliphatic carbocycles. The maximum atomic E-state index is 12.0. The molecule has 1 atom stereocenters. The van der Waals surface area contributed by atoms with Crippen LogP contribution in [0.3, 0.4) is 0 Å². The fourth-order valence-electron chi connectivity index (χ4n) is 2.98. The monoisotopic (exact) mass is 459 g/mol. The van der Waals surface area contributed by atoms with Gasteiger partial charge in [0.15, 0.2) is 0 Å². The maximum absolute atomic E-state index is 12.0. The van der Waals surface area contributed by atoms with Gasteiger partial charge in [0, 0.05) is 12.0 Å². The Morgan fingerprint density at radius 1 is 1.03 bits per heavy atom. The quantitative estimate of drug-likeness (QED) is 0.546. The van der Waals surface area contributed by atoms with E-state index < -0.39 is 29.7 Å². The highest BCUT2D eigenvalue weighted by Gasteiger charge is 2.24. The highest BCUT2D eigenvalue weighted by molar-refractivity contribution is 5.92. The number of benzene rings is 2. The summed E-state index contributed by atoms with van der Waals surface area (Å²) in [5.74, 6) is -0.849. The van der Waals surface area contributed by atoms with Gasteiger partial charge in [-0.1, -0.05) is 18.2 Å². The van der Waals surface area contributed by atoms with Crippen LogP contribution in [0.25, 0.3) is 0 Å². The van der Waals surface area contributed by atoms with Crippen molar-refractivity contribution in [1.29, 1.82) is 0 Å². The Bertz CT molecular complexity index is 996. The molecular weight excluding hydrogens is 430 g/mol. The molecule has 0 saturated carbocycles. The van der Waals surface area contributed by atoms with Crippen molar-refractivity contribution in [3.05, 3.63) is 59.2 Å². The highest BCUT2D eigenvalue weighted by atomic mass is 16.6. The van der Waals surface area contributed by atoms with Gasteiger partial charge < -0.3 is 29.4 Å². The van der Waals surface area contributed by atoms with Crippen LogP contribution in [0.1, 0.15) is 42.3 Å². The van der Waals surface area contributed by atoms with Gasteiger partial charge in [0.25, 0.3) is 0 Å². The third-order valence-corrected chi connectivity index (χ3v) is 4.45. The number of rotatable bonds is 9. The van der Waals surface area contributed by atoms with Crippen molar-refractivity contribution in [2.45, 2.75) is 45.4 Å². The summed E-state index contributed by atoms with van der Waals surface area (Å²) in [6.45, 7) is 5.13. The van der Waals surface area contributed by atoms with Crippen molar-refractivity contribution < 1.29 is 38.4 Å². The molecule has 0 aliphatic rings. The molecule has 9 nitrogen and oxygen atoms in total. The van der Waals surface area contributed by atoms with Gasteiger partial charge in [0.05, 0.1) is 14.2 Å². The highest BCUT2D eigenvalue weighted by Crippen LogP contribution is 2.25. The van der Waals surface area contributed by atoms with Crippen LogP contribution in [-0.2, 0) is 27.3 Å². The average molecular weight is 459 g/mol. The van der Waals surface area contributed by atoms with Gasteiger partial charge in [0.2, 0.25) is 0 Å². The molecule has 0 saturated heterocycles. The number of para-hydroxylation sites is 1. The predicted molar refractivity (Wildman–Crippen MR) is 120 cm³/mol. The molecule has 0 fully saturated rings. The Morgan fingerprint density at radius 2 is 1.73 bits per heavy atom. The number of carbonyl (C=O) groups excluding carboxylic acids is 2. The molecule has 9 heteroatoms. The molecule has 2 aromatic rings. The van der Waals surface area contributed by atoms with Crippen molar-refractivity contribution in [1.82, 2.24) is 5.32 Å². The largest absolute Gasteiger partial charge is 0.496 e. The van der Waals surface area contributed by atoms with Crippen LogP contribution in [0.15, 0.2) is 42.5 Å². The predicted octanol–water partition coefficient (Wildman–Crippen LogP) is 3.58. The summed E-state index contributed by atoms with van der Waals surface area (Å²) in [5.41, 5.74) is 0.802. The van der Waals surface area contributed by atoms with Crippen molar-refractivity contribution in [3.8, 4) is 11.5 Å². The first-order valence-electron chi connectivity index (χ1n) is 10.2. The minimum atomic E-state index is -1.19. The number of hydrogen-bond acceptors (Lipinski definition) is 7. The maximum Gasteiger partial charge on any atom is 0.408 e. The van der Waals surface area contributed by atoms with E-state index in [9.17, 15) is 19.5 Å². The Kier molecular flexibility index (Phi) is 8.67. The molecule has 0 aromatic heterocycles. The third kappa shape index (κ3) is 7.71. The zero-order chi connectivity index (χ0) is 24.6. The van der Waals surface area contributed by atoms with Crippen LogP contribution in [0.4, 0.5) is 4.79 Å². The zero-order valence-electron chi connectivity index (χ0n) is 19.3. The van der Waals surface area contributed by atoms with Crippen LogP contribution >= 0.6 is 0 Å². The van der Waals surface area contributed by atoms with E-state index in [-0.39, 0.29) is 18.6 Å². The fourth-order valence-corrected chi connectivity index (χ4v) is 2.98. The SMILES string of the molecule is COC(=O)c1ccccc1OCc1cc(CC(NC(=O)OC(C)(C)C)C(=O)O)ccc1OC. The fraction of sp³-hybridized carbons (Fsp3) is 0.375. The number of carbonyl (C=O) groups is 3. The molecule has 2 N–H and O–H groups in total. The standard InChI is InChI=1S/C24H29NO8/c1-24(2,3)33-23(29)25-18(21(26)27)13-15-10-11-19(30-4)16(12-15)14-32-20-9-7-6-8-17(20)22(28)31-5/h6-12,18H,13-14H2,1-5H3,(H,25,29)(H,26,27). The lowest BCUT2D eigenvalue weighted by Crippen LogP contribution is -2.44. The molecule has 178 valence electrons. The topological polar surface area (TPSA) is 120 Å². The molecule has 0 aliphatic heterocycles. The van der Waals surface area contributed by atoms with Gasteiger partial charge in [-0.3, -0.25) is 0 Å². The van der Waals surface area contributed by atoms with Crippen molar-refractivity contribution in [2.75, 3.05) is 14.2 Å². The van der Waals surface area contributed by atoms with E-state index in [0.29, 0.717) is 22.6 Å². The van der Waals surface area contributed by atoms with E-state index >= 15 is 0 Å². The van der Waals surface area contributed by atoms with E-state index in [1.54, 1.807) is 63.2 Å². The van der Waals surface area contributed by atoms with Crippen molar-refractivity contribution >= 4 is 18.0 Å². The smallest absolute Gasteiger partial charge is 0.408 e. The minimum Gasteiger partial charge on any atom is -0.496 e. The summed E-state index contributed by atoms with van der Waals surface area (Å²) in [6, 6.07) is 10.6. The number of alkyl carbamates (subject to hydrolysis) is 1. The summed E-state index contributed by atoms with van der Waals surface area (Å²) < 4.78 is 21.1. The Morgan fingerprint density at radius 3 is 2.33 bits per heavy atom. The second-order valence-corrected chi connectivity index (χ2v) is 8.16. The number of hydrogen-bond donors (Lipinski definition) is 2. The van der Waals surface area contributed by atoms with Crippen LogP contribution in [0.2, 0.25) is 0 Å². The summed E-state index contributed by atoms with van der Waals surface area (Å²) in [5, 5.41) is 11.9. The second kappa shape index (κ2) is 11.2. The van der Waals surface area contributed by atoms with Gasteiger partial charge in [-0.25, -0.2) is 14.4 Å². The molecule has 2 rings (SSSR count). The molecule has 2 aromatic carbocycles. The van der Waals surface area contributed by atoms with E-state index in [1.165, 1.54) is 14.2 Å². The molecule has 0 heterocycles. The van der Waals surface area contributed by atoms with Crippen LogP contribution < -0.4 is 14.8 Å². The van der Waals surface area contributed by atoms with Crippen LogP contribution in [0, 0.1) is 0 Å². The molecule has 0 spiro atoms. The van der Waals surface area contributed by atoms with Crippen molar-refractivity contribution in [3.63, 3.8) is 0 Å². The van der Waals surface area contributed by atoms with Gasteiger partial charge in [0.1, 0.15) is 35.3 Å². The summed E-state index contributed by atoms with van der Waals surface area (Å²) >= 11 is 0. The lowest BCUT2D eigenvalue weighted by molar-refractivity contribution is -0.139. The van der Waals surface area contributed by atoms with Crippen LogP contribution in [-0.4, -0.2) is 49.0 Å². The lowest BCUT2D eigenvalue weighted by atomic mass is 10.0. The summed E-state index contributed by atoms with van der Waals surface area (Å²) in [4.78, 5) is 35.7. The van der Waals surface area contributed by atoms with E-state index in [1.807, 2.05) is 0 Å². The van der Waals surface area contributed by atoms with E-state index in [2.05, 4.69) is 5.32 Å². The number of ether oxygens (including phenoxy) is 4. The second-order valence-electron chi connectivity index (χ2n) is 8.16. The third-order valence-electron chi connectivity index (χ3n) is 4.45. The average Bonchev–Trinajstić information content (AvgIpc) is 2.75. The molecular formula is C24H29NO8. The lowest BCUT2D eigenvalue weighted by Gasteiger charge is -2.22. The summed E-state index contributed by atoms with van der Waals surface area (Å²) in [6.07, 6.45) is -0.795. The Balaban J connectivity index is 2.19. The number of carboxylic acids is 1. The van der Waals surface area contributed by atoms with Gasteiger partial charge in [-0.2, -0.15) is 0 Å². The number of carboxylic acid groups (broad SMARTS) is 1. The minimum absolute atomic E-state index is 0.0182. The Hall–Kier alpha value is -3.75. The van der Waals surface area contributed by atoms with E-state index in [0.717, 1.165) is 0 Å². The number of methoxy groups -OCH3 is 2. The van der Waals surface area contributed by atoms with Gasteiger partial charge in [-0.05, 0) is 50.6 Å². The number of nitrogens with one attached hydrogen (secondary N) is 1. The zero-order valence-corrected chi connectivity index (χ0v) is 19.3. The van der Waals surface area contributed by atoms with Crippen LogP contribution in [0.5, 0.6) is 11.5 Å². The number of amides is 1. The summed E-state index contributed by atoms with van der Waals surface area (Å²) in [7, 11) is 2.79. The first-order valence-corrected chi connectivity index (χ1v) is 10.2. The molecule has 1 unspecified atom stereocenters.